The van der Waals surface area contributed by atoms with E-state index >= 15 is 0 Å². The summed E-state index contributed by atoms with van der Waals surface area (Å²) in [6.45, 7) is 0. The Morgan fingerprint density at radius 3 is 3.44 bits per heavy atom. The highest BCUT2D eigenvalue weighted by atomic mass is 32.1. The van der Waals surface area contributed by atoms with E-state index < -0.39 is 0 Å². The molecule has 9 heavy (non-hydrogen) atoms. The topological polar surface area (TPSA) is 50.2 Å². The number of nitrogens with zero attached hydrogens (tertiary/aromatic N) is 2. The molecule has 5 heteroatoms. The number of imidazole rings is 1. The van der Waals surface area contributed by atoms with E-state index in [0.29, 0.717) is 0 Å². The zero-order valence-electron chi connectivity index (χ0n) is 4.37. The molecule has 4 nitrogen and oxygen atoms in total. The standard InChI is InChI=1S/C4H3N3OS/c8-4-5-1-3-7(4)6-2-9-3/h1-2H,(H,5,8). The average molecular weight is 141 g/mol. The first-order chi connectivity index (χ1) is 4.38. The normalized spacial score (nSPS) is 10.7. The fourth-order valence-electron chi connectivity index (χ4n) is 0.664. The summed E-state index contributed by atoms with van der Waals surface area (Å²) in [5.74, 6) is 0. The highest BCUT2D eigenvalue weighted by Crippen LogP contribution is 2.02. The SMILES string of the molecule is O=c1[nH]cc2scnn12. The van der Waals surface area contributed by atoms with Crippen LogP contribution in [0.4, 0.5) is 0 Å². The molecule has 0 unspecified atom stereocenters. The Kier molecular flexibility index (Phi) is 0.762. The molecule has 0 aliphatic rings. The Morgan fingerprint density at radius 2 is 2.67 bits per heavy atom. The summed E-state index contributed by atoms with van der Waals surface area (Å²) in [6, 6.07) is 0. The lowest BCUT2D eigenvalue weighted by Crippen LogP contribution is -2.08. The van der Waals surface area contributed by atoms with Crippen LogP contribution >= 0.6 is 11.3 Å². The van der Waals surface area contributed by atoms with E-state index in [0.717, 1.165) is 4.83 Å². The molecule has 0 atom stereocenters. The van der Waals surface area contributed by atoms with Crippen LogP contribution in [0.15, 0.2) is 16.5 Å². The van der Waals surface area contributed by atoms with Gasteiger partial charge in [0.05, 0.1) is 0 Å². The lowest BCUT2D eigenvalue weighted by atomic mass is 11.0. The summed E-state index contributed by atoms with van der Waals surface area (Å²) >= 11 is 1.43. The van der Waals surface area contributed by atoms with E-state index in [2.05, 4.69) is 10.1 Å². The molecule has 2 rings (SSSR count). The summed E-state index contributed by atoms with van der Waals surface area (Å²) in [4.78, 5) is 14.1. The second-order valence-electron chi connectivity index (χ2n) is 1.58. The minimum absolute atomic E-state index is 0.175. The molecule has 0 saturated carbocycles. The van der Waals surface area contributed by atoms with Crippen molar-refractivity contribution in [3.05, 3.63) is 22.2 Å². The molecule has 0 saturated heterocycles. The molecule has 1 N–H and O–H groups in total. The van der Waals surface area contributed by atoms with Crippen LogP contribution in [-0.4, -0.2) is 14.6 Å². The molecule has 0 radical (unpaired) electrons. The van der Waals surface area contributed by atoms with Crippen molar-refractivity contribution >= 4 is 16.2 Å². The van der Waals surface area contributed by atoms with Gasteiger partial charge in [-0.3, -0.25) is 0 Å². The summed E-state index contributed by atoms with van der Waals surface area (Å²) < 4.78 is 1.32. The highest BCUT2D eigenvalue weighted by Gasteiger charge is 1.96. The van der Waals surface area contributed by atoms with E-state index in [1.807, 2.05) is 0 Å². The van der Waals surface area contributed by atoms with Crippen molar-refractivity contribution in [3.63, 3.8) is 0 Å². The predicted molar refractivity (Wildman–Crippen MR) is 33.7 cm³/mol. The van der Waals surface area contributed by atoms with Gasteiger partial charge in [0.2, 0.25) is 0 Å². The zero-order chi connectivity index (χ0) is 6.27. The third kappa shape index (κ3) is 0.517. The first kappa shape index (κ1) is 4.75. The molecule has 0 fully saturated rings. The quantitative estimate of drug-likeness (QED) is 0.565. The van der Waals surface area contributed by atoms with E-state index in [9.17, 15) is 4.79 Å². The van der Waals surface area contributed by atoms with Gasteiger partial charge in [-0.2, -0.15) is 9.61 Å². The van der Waals surface area contributed by atoms with Crippen molar-refractivity contribution in [2.75, 3.05) is 0 Å². The van der Waals surface area contributed by atoms with Crippen molar-refractivity contribution in [1.29, 1.82) is 0 Å². The number of fused-ring (bicyclic) bond motifs is 1. The van der Waals surface area contributed by atoms with Crippen molar-refractivity contribution in [1.82, 2.24) is 14.6 Å². The first-order valence-electron chi connectivity index (χ1n) is 2.38. The number of aromatic nitrogens is 3. The molecule has 0 spiro atoms. The summed E-state index contributed by atoms with van der Waals surface area (Å²) in [7, 11) is 0. The van der Waals surface area contributed by atoms with Gasteiger partial charge in [0, 0.05) is 6.20 Å². The molecular weight excluding hydrogens is 138 g/mol. The van der Waals surface area contributed by atoms with Crippen LogP contribution in [0, 0.1) is 0 Å². The Labute approximate surface area is 53.8 Å². The molecule has 46 valence electrons. The molecule has 0 aromatic carbocycles. The average Bonchev–Trinajstić information content (AvgIpc) is 2.35. The lowest BCUT2D eigenvalue weighted by Gasteiger charge is -1.69. The Bertz CT molecular complexity index is 370. The number of rotatable bonds is 0. The molecule has 2 aromatic rings. The smallest absolute Gasteiger partial charge is 0.310 e. The summed E-state index contributed by atoms with van der Waals surface area (Å²) in [5, 5.41) is 3.77. The number of hydrogen-bond donors (Lipinski definition) is 1. The van der Waals surface area contributed by atoms with Gasteiger partial charge in [0.25, 0.3) is 0 Å². The van der Waals surface area contributed by atoms with Crippen LogP contribution < -0.4 is 5.69 Å². The van der Waals surface area contributed by atoms with Crippen molar-refractivity contribution in [2.24, 2.45) is 0 Å². The van der Waals surface area contributed by atoms with Crippen LogP contribution in [0.25, 0.3) is 4.83 Å². The van der Waals surface area contributed by atoms with Gasteiger partial charge in [0.15, 0.2) is 0 Å². The number of H-pyrrole nitrogens is 1. The van der Waals surface area contributed by atoms with Gasteiger partial charge in [-0.15, -0.1) is 11.3 Å². The Balaban J connectivity index is 3.17. The molecule has 2 heterocycles. The van der Waals surface area contributed by atoms with Crippen LogP contribution in [0.1, 0.15) is 0 Å². The molecule has 0 bridgehead atoms. The second kappa shape index (κ2) is 1.44. The van der Waals surface area contributed by atoms with E-state index in [1.54, 1.807) is 11.7 Å². The van der Waals surface area contributed by atoms with Crippen molar-refractivity contribution in [3.8, 4) is 0 Å². The van der Waals surface area contributed by atoms with Gasteiger partial charge in [-0.1, -0.05) is 0 Å². The van der Waals surface area contributed by atoms with Gasteiger partial charge >= 0.3 is 5.69 Å². The lowest BCUT2D eigenvalue weighted by molar-refractivity contribution is 0.906. The number of nitrogens with one attached hydrogen (secondary N) is 1. The largest absolute Gasteiger partial charge is 0.347 e. The predicted octanol–water partition coefficient (Wildman–Crippen LogP) is 0.0841. The molecule has 2 aromatic heterocycles. The van der Waals surface area contributed by atoms with Gasteiger partial charge in [-0.05, 0) is 0 Å². The maximum absolute atomic E-state index is 10.7. The minimum Gasteiger partial charge on any atom is -0.310 e. The van der Waals surface area contributed by atoms with Gasteiger partial charge in [-0.25, -0.2) is 4.79 Å². The number of hydrogen-bond acceptors (Lipinski definition) is 3. The molecule has 0 aliphatic heterocycles. The minimum atomic E-state index is -0.175. The maximum Gasteiger partial charge on any atom is 0.347 e. The van der Waals surface area contributed by atoms with Gasteiger partial charge in [0.1, 0.15) is 10.3 Å². The Morgan fingerprint density at radius 1 is 1.78 bits per heavy atom. The summed E-state index contributed by atoms with van der Waals surface area (Å²) in [6.07, 6.45) is 1.64. The third-order valence-corrected chi connectivity index (χ3v) is 1.79. The fraction of sp³-hybridized carbons (Fsp3) is 0. The zero-order valence-corrected chi connectivity index (χ0v) is 5.18. The van der Waals surface area contributed by atoms with Crippen molar-refractivity contribution < 1.29 is 0 Å². The molecule has 0 amide bonds. The first-order valence-corrected chi connectivity index (χ1v) is 3.26. The van der Waals surface area contributed by atoms with Crippen LogP contribution in [0.2, 0.25) is 0 Å². The van der Waals surface area contributed by atoms with E-state index in [4.69, 9.17) is 0 Å². The van der Waals surface area contributed by atoms with Crippen molar-refractivity contribution in [2.45, 2.75) is 0 Å². The second-order valence-corrected chi connectivity index (χ2v) is 2.45. The van der Waals surface area contributed by atoms with E-state index in [-0.39, 0.29) is 5.69 Å². The third-order valence-electron chi connectivity index (χ3n) is 1.06. The van der Waals surface area contributed by atoms with Gasteiger partial charge < -0.3 is 4.98 Å². The number of aromatic amines is 1. The van der Waals surface area contributed by atoms with E-state index in [1.165, 1.54) is 15.9 Å². The monoisotopic (exact) mass is 141 g/mol. The van der Waals surface area contributed by atoms with Crippen LogP contribution in [-0.2, 0) is 0 Å². The summed E-state index contributed by atoms with van der Waals surface area (Å²) in [5.41, 5.74) is 1.45. The maximum atomic E-state index is 10.7. The fourth-order valence-corrected chi connectivity index (χ4v) is 1.27. The van der Waals surface area contributed by atoms with Crippen LogP contribution in [0.5, 0.6) is 0 Å². The Hall–Kier alpha value is -1.10. The molecular formula is C4H3N3OS. The highest BCUT2D eigenvalue weighted by molar-refractivity contribution is 7.15. The van der Waals surface area contributed by atoms with Crippen LogP contribution in [0.3, 0.4) is 0 Å². The molecule has 0 aliphatic carbocycles.